The Kier molecular flexibility index (Phi) is 5.48. The van der Waals surface area contributed by atoms with Gasteiger partial charge in [0.1, 0.15) is 0 Å². The lowest BCUT2D eigenvalue weighted by Gasteiger charge is -2.41. The molecule has 1 aromatic heterocycles. The van der Waals surface area contributed by atoms with E-state index < -0.39 is 0 Å². The topological polar surface area (TPSA) is 29.9 Å². The molecule has 0 amide bonds. The number of nitrogens with one attached hydrogen (secondary N) is 1. The van der Waals surface area contributed by atoms with Crippen LogP contribution < -0.4 is 5.32 Å². The summed E-state index contributed by atoms with van der Waals surface area (Å²) in [6, 6.07) is 2.26. The molecule has 0 aromatic carbocycles. The fourth-order valence-corrected chi connectivity index (χ4v) is 3.89. The molecule has 3 nitrogen and oxygen atoms in total. The third-order valence-electron chi connectivity index (χ3n) is 5.08. The molecule has 1 N–H and O–H groups in total. The molecule has 0 bridgehead atoms. The van der Waals surface area contributed by atoms with Gasteiger partial charge in [-0.25, -0.2) is 0 Å². The first-order valence-electron chi connectivity index (χ1n) is 8.61. The van der Waals surface area contributed by atoms with Crippen LogP contribution in [-0.2, 0) is 13.5 Å². The van der Waals surface area contributed by atoms with Gasteiger partial charge in [0.05, 0.1) is 5.69 Å². The maximum Gasteiger partial charge on any atom is 0.0596 e. The standard InChI is InChI=1S/C18H33N3/c1-6-9-19-13-15-7-8-18(3,4)12-16(15)11-17-10-14(2)20-21(17)5/h10,15-16,19H,6-9,11-13H2,1-5H3. The van der Waals surface area contributed by atoms with Gasteiger partial charge in [-0.05, 0) is 75.4 Å². The lowest BCUT2D eigenvalue weighted by atomic mass is 9.66. The number of nitrogens with zero attached hydrogens (tertiary/aromatic N) is 2. The van der Waals surface area contributed by atoms with Gasteiger partial charge in [0.2, 0.25) is 0 Å². The smallest absolute Gasteiger partial charge is 0.0596 e. The van der Waals surface area contributed by atoms with E-state index >= 15 is 0 Å². The van der Waals surface area contributed by atoms with Crippen LogP contribution in [0, 0.1) is 24.2 Å². The van der Waals surface area contributed by atoms with Gasteiger partial charge >= 0.3 is 0 Å². The predicted molar refractivity (Wildman–Crippen MR) is 89.4 cm³/mol. The Hall–Kier alpha value is -0.830. The molecule has 1 heterocycles. The molecular formula is C18H33N3. The predicted octanol–water partition coefficient (Wildman–Crippen LogP) is 3.71. The third kappa shape index (κ3) is 4.57. The zero-order valence-corrected chi connectivity index (χ0v) is 14.6. The van der Waals surface area contributed by atoms with Gasteiger partial charge in [-0.15, -0.1) is 0 Å². The maximum atomic E-state index is 4.51. The summed E-state index contributed by atoms with van der Waals surface area (Å²) in [5.41, 5.74) is 3.04. The molecule has 1 saturated carbocycles. The summed E-state index contributed by atoms with van der Waals surface area (Å²) < 4.78 is 2.08. The Labute approximate surface area is 130 Å². The average molecular weight is 291 g/mol. The largest absolute Gasteiger partial charge is 0.316 e. The number of rotatable bonds is 6. The number of hydrogen-bond donors (Lipinski definition) is 1. The molecule has 3 heteroatoms. The van der Waals surface area contributed by atoms with E-state index in [-0.39, 0.29) is 0 Å². The average Bonchev–Trinajstić information content (AvgIpc) is 2.70. The first-order chi connectivity index (χ1) is 9.91. The van der Waals surface area contributed by atoms with Crippen molar-refractivity contribution in [2.45, 2.75) is 59.8 Å². The van der Waals surface area contributed by atoms with E-state index in [1.54, 1.807) is 0 Å². The molecule has 1 aromatic rings. The van der Waals surface area contributed by atoms with Gasteiger partial charge in [0.25, 0.3) is 0 Å². The van der Waals surface area contributed by atoms with E-state index in [1.807, 2.05) is 0 Å². The molecule has 2 rings (SSSR count). The Bertz CT molecular complexity index is 447. The van der Waals surface area contributed by atoms with E-state index in [1.165, 1.54) is 44.3 Å². The highest BCUT2D eigenvalue weighted by Crippen LogP contribution is 2.43. The molecule has 21 heavy (non-hydrogen) atoms. The summed E-state index contributed by atoms with van der Waals surface area (Å²) in [5, 5.41) is 8.16. The lowest BCUT2D eigenvalue weighted by molar-refractivity contribution is 0.115. The third-order valence-corrected chi connectivity index (χ3v) is 5.08. The van der Waals surface area contributed by atoms with Crippen molar-refractivity contribution in [1.82, 2.24) is 15.1 Å². The second kappa shape index (κ2) is 6.95. The van der Waals surface area contributed by atoms with Crippen LogP contribution in [0.4, 0.5) is 0 Å². The van der Waals surface area contributed by atoms with Crippen LogP contribution >= 0.6 is 0 Å². The minimum atomic E-state index is 0.500. The molecule has 120 valence electrons. The molecular weight excluding hydrogens is 258 g/mol. The number of hydrogen-bond acceptors (Lipinski definition) is 2. The SMILES string of the molecule is CCCNCC1CCC(C)(C)CC1Cc1cc(C)nn1C. The first kappa shape index (κ1) is 16.5. The van der Waals surface area contributed by atoms with Crippen molar-refractivity contribution in [1.29, 1.82) is 0 Å². The molecule has 0 spiro atoms. The molecule has 2 unspecified atom stereocenters. The van der Waals surface area contributed by atoms with Crippen LogP contribution in [0.3, 0.4) is 0 Å². The van der Waals surface area contributed by atoms with Crippen molar-refractivity contribution in [3.63, 3.8) is 0 Å². The van der Waals surface area contributed by atoms with E-state index in [4.69, 9.17) is 0 Å². The highest BCUT2D eigenvalue weighted by atomic mass is 15.3. The highest BCUT2D eigenvalue weighted by Gasteiger charge is 2.34. The second-order valence-electron chi connectivity index (χ2n) is 7.74. The van der Waals surface area contributed by atoms with Gasteiger partial charge in [-0.1, -0.05) is 20.8 Å². The van der Waals surface area contributed by atoms with Gasteiger partial charge < -0.3 is 5.32 Å². The van der Waals surface area contributed by atoms with E-state index in [0.717, 1.165) is 24.1 Å². The van der Waals surface area contributed by atoms with Crippen molar-refractivity contribution in [3.8, 4) is 0 Å². The van der Waals surface area contributed by atoms with Crippen molar-refractivity contribution >= 4 is 0 Å². The van der Waals surface area contributed by atoms with E-state index in [0.29, 0.717) is 5.41 Å². The fraction of sp³-hybridized carbons (Fsp3) is 0.833. The monoisotopic (exact) mass is 291 g/mol. The summed E-state index contributed by atoms with van der Waals surface area (Å²) in [6.45, 7) is 11.5. The number of aromatic nitrogens is 2. The van der Waals surface area contributed by atoms with Crippen molar-refractivity contribution < 1.29 is 0 Å². The minimum Gasteiger partial charge on any atom is -0.316 e. The van der Waals surface area contributed by atoms with Crippen LogP contribution in [0.1, 0.15) is 57.8 Å². The Morgan fingerprint density at radius 1 is 1.38 bits per heavy atom. The van der Waals surface area contributed by atoms with Crippen LogP contribution in [0.25, 0.3) is 0 Å². The van der Waals surface area contributed by atoms with Gasteiger partial charge in [-0.2, -0.15) is 5.10 Å². The minimum absolute atomic E-state index is 0.500. The molecule has 0 aliphatic heterocycles. The first-order valence-corrected chi connectivity index (χ1v) is 8.61. The maximum absolute atomic E-state index is 4.51. The van der Waals surface area contributed by atoms with Gasteiger partial charge in [0, 0.05) is 12.7 Å². The fourth-order valence-electron chi connectivity index (χ4n) is 3.89. The lowest BCUT2D eigenvalue weighted by Crippen LogP contribution is -2.37. The van der Waals surface area contributed by atoms with Crippen molar-refractivity contribution in [3.05, 3.63) is 17.5 Å². The molecule has 0 radical (unpaired) electrons. The molecule has 1 aliphatic carbocycles. The van der Waals surface area contributed by atoms with Crippen LogP contribution in [0.2, 0.25) is 0 Å². The summed E-state index contributed by atoms with van der Waals surface area (Å²) in [6.07, 6.45) is 6.48. The summed E-state index contributed by atoms with van der Waals surface area (Å²) in [7, 11) is 2.08. The normalized spacial score (nSPS) is 25.2. The molecule has 2 atom stereocenters. The van der Waals surface area contributed by atoms with Crippen molar-refractivity contribution in [2.24, 2.45) is 24.3 Å². The quantitative estimate of drug-likeness (QED) is 0.810. The molecule has 0 saturated heterocycles. The van der Waals surface area contributed by atoms with E-state index in [2.05, 4.69) is 55.9 Å². The summed E-state index contributed by atoms with van der Waals surface area (Å²) in [5.74, 6) is 1.60. The van der Waals surface area contributed by atoms with Crippen LogP contribution in [-0.4, -0.2) is 22.9 Å². The summed E-state index contributed by atoms with van der Waals surface area (Å²) >= 11 is 0. The molecule has 1 aliphatic rings. The molecule has 1 fully saturated rings. The van der Waals surface area contributed by atoms with Crippen LogP contribution in [0.15, 0.2) is 6.07 Å². The Morgan fingerprint density at radius 3 is 2.76 bits per heavy atom. The Morgan fingerprint density at radius 2 is 2.14 bits per heavy atom. The highest BCUT2D eigenvalue weighted by molar-refractivity contribution is 5.10. The van der Waals surface area contributed by atoms with Crippen molar-refractivity contribution in [2.75, 3.05) is 13.1 Å². The summed E-state index contributed by atoms with van der Waals surface area (Å²) in [4.78, 5) is 0. The zero-order chi connectivity index (χ0) is 15.5. The van der Waals surface area contributed by atoms with Crippen LogP contribution in [0.5, 0.6) is 0 Å². The number of aryl methyl sites for hydroxylation is 2. The second-order valence-corrected chi connectivity index (χ2v) is 7.74. The van der Waals surface area contributed by atoms with Gasteiger partial charge in [0.15, 0.2) is 0 Å². The van der Waals surface area contributed by atoms with Gasteiger partial charge in [-0.3, -0.25) is 4.68 Å². The Balaban J connectivity index is 2.04. The zero-order valence-electron chi connectivity index (χ0n) is 14.6. The van der Waals surface area contributed by atoms with E-state index in [9.17, 15) is 0 Å².